The number of piperidine rings is 2. The van der Waals surface area contributed by atoms with E-state index in [9.17, 15) is 19.2 Å². The smallest absolute Gasteiger partial charge is 0.320 e. The molecular weight excluding hydrogens is 697 g/mol. The number of carbonyl (C=O) groups excluding carboxylic acids is 4. The summed E-state index contributed by atoms with van der Waals surface area (Å²) in [6.45, 7) is 11.0. The maximum atomic E-state index is 12.6. The van der Waals surface area contributed by atoms with Crippen LogP contribution in [-0.4, -0.2) is 118 Å². The topological polar surface area (TPSA) is 160 Å². The predicted molar refractivity (Wildman–Crippen MR) is 210 cm³/mol. The number of anilines is 3. The zero-order valence-corrected chi connectivity index (χ0v) is 31.5. The Kier molecular flexibility index (Phi) is 10.2. The molecule has 6 heterocycles. The van der Waals surface area contributed by atoms with Gasteiger partial charge in [0.2, 0.25) is 11.8 Å². The molecule has 2 atom stereocenters. The van der Waals surface area contributed by atoms with Gasteiger partial charge in [0.05, 0.1) is 12.2 Å². The number of imide groups is 1. The quantitative estimate of drug-likeness (QED) is 0.184. The van der Waals surface area contributed by atoms with E-state index < -0.39 is 5.91 Å². The van der Waals surface area contributed by atoms with E-state index >= 15 is 0 Å². The summed E-state index contributed by atoms with van der Waals surface area (Å²) in [6, 6.07) is 14.5. The van der Waals surface area contributed by atoms with Gasteiger partial charge in [-0.3, -0.25) is 19.7 Å². The molecule has 14 heteroatoms. The molecule has 0 bridgehead atoms. The Morgan fingerprint density at radius 1 is 1.00 bits per heavy atom. The standard InChI is InChI=1S/C41H50N10O4/c1-26-32-10-5-8-28(33(32)25-51(26)34-15-16-36(52)46-40(34)54)7-3-4-17-48-22-29(23-48)27-11-13-30(14-12-27)44-39-37(38(42)53)43-21-35(45-39)49-18-6-9-31(24-49)50-20-19-47(2)41(50)55/h5,8,10-14,21,29,31,34H,1,3-4,6-7,9,15-20,22-25H2,2H3,(H2,42,53)(H,44,45)(H,46,52,54)/t31-,34?/m1/s1. The maximum Gasteiger partial charge on any atom is 0.320 e. The largest absolute Gasteiger partial charge is 0.364 e. The number of nitrogens with one attached hydrogen (secondary N) is 2. The first kappa shape index (κ1) is 36.5. The number of benzene rings is 2. The van der Waals surface area contributed by atoms with E-state index in [4.69, 9.17) is 10.7 Å². The molecule has 288 valence electrons. The van der Waals surface area contributed by atoms with E-state index in [1.54, 1.807) is 11.1 Å². The molecule has 0 aliphatic carbocycles. The van der Waals surface area contributed by atoms with E-state index in [0.29, 0.717) is 43.5 Å². The van der Waals surface area contributed by atoms with Crippen molar-refractivity contribution >= 4 is 46.8 Å². The predicted octanol–water partition coefficient (Wildman–Crippen LogP) is 3.67. The van der Waals surface area contributed by atoms with Crippen LogP contribution in [0.4, 0.5) is 22.1 Å². The van der Waals surface area contributed by atoms with Crippen molar-refractivity contribution in [3.63, 3.8) is 0 Å². The minimum Gasteiger partial charge on any atom is -0.364 e. The number of fused-ring (bicyclic) bond motifs is 1. The lowest BCUT2D eigenvalue weighted by molar-refractivity contribution is -0.136. The van der Waals surface area contributed by atoms with Crippen molar-refractivity contribution in [1.82, 2.24) is 34.9 Å². The Balaban J connectivity index is 0.814. The van der Waals surface area contributed by atoms with Crippen LogP contribution in [0.3, 0.4) is 0 Å². The van der Waals surface area contributed by atoms with Crippen LogP contribution < -0.4 is 21.3 Å². The van der Waals surface area contributed by atoms with Crippen LogP contribution in [-0.2, 0) is 22.6 Å². The maximum absolute atomic E-state index is 12.6. The number of aromatic nitrogens is 2. The number of primary amides is 1. The van der Waals surface area contributed by atoms with E-state index in [0.717, 1.165) is 88.3 Å². The minimum absolute atomic E-state index is 0.0696. The summed E-state index contributed by atoms with van der Waals surface area (Å²) in [5.74, 6) is 0.366. The molecule has 4 fully saturated rings. The fourth-order valence-electron chi connectivity index (χ4n) is 8.84. The number of nitrogens with two attached hydrogens (primary N) is 1. The van der Waals surface area contributed by atoms with Gasteiger partial charge in [-0.25, -0.2) is 14.8 Å². The average molecular weight is 747 g/mol. The lowest BCUT2D eigenvalue weighted by Crippen LogP contribution is -2.50. The number of likely N-dealkylation sites (N-methyl/N-ethyl adjacent to an activating group) is 1. The van der Waals surface area contributed by atoms with Gasteiger partial charge in [-0.2, -0.15) is 0 Å². The third kappa shape index (κ3) is 7.47. The van der Waals surface area contributed by atoms with Crippen LogP contribution in [0.25, 0.3) is 5.70 Å². The minimum atomic E-state index is -0.648. The molecule has 0 spiro atoms. The lowest BCUT2D eigenvalue weighted by Gasteiger charge is -2.39. The molecule has 5 amide bonds. The average Bonchev–Trinajstić information content (AvgIpc) is 3.68. The number of rotatable bonds is 12. The molecule has 5 aliphatic heterocycles. The SMILES string of the molecule is C=C1c2cccc(CCCCN3CC(c4ccc(Nc5nc(N6CCC[C@@H](N7CCN(C)C7=O)C6)cnc5C(N)=O)cc4)C3)c2CN1C1CCC(=O)NC1=O. The summed E-state index contributed by atoms with van der Waals surface area (Å²) in [5.41, 5.74) is 12.4. The second-order valence-electron chi connectivity index (χ2n) is 15.6. The van der Waals surface area contributed by atoms with Crippen molar-refractivity contribution in [1.29, 1.82) is 0 Å². The van der Waals surface area contributed by atoms with Crippen molar-refractivity contribution < 1.29 is 19.2 Å². The first-order valence-corrected chi connectivity index (χ1v) is 19.6. The summed E-state index contributed by atoms with van der Waals surface area (Å²) in [6.07, 6.45) is 7.52. The van der Waals surface area contributed by atoms with Crippen molar-refractivity contribution in [2.75, 3.05) is 63.1 Å². The third-order valence-corrected chi connectivity index (χ3v) is 12.0. The first-order chi connectivity index (χ1) is 26.6. The number of amides is 5. The molecule has 1 aromatic heterocycles. The highest BCUT2D eigenvalue weighted by atomic mass is 16.2. The Morgan fingerprint density at radius 3 is 2.56 bits per heavy atom. The van der Waals surface area contributed by atoms with Crippen molar-refractivity contribution in [3.8, 4) is 0 Å². The van der Waals surface area contributed by atoms with E-state index in [-0.39, 0.29) is 35.6 Å². The summed E-state index contributed by atoms with van der Waals surface area (Å²) in [7, 11) is 1.84. The molecule has 0 saturated carbocycles. The highest BCUT2D eigenvalue weighted by molar-refractivity contribution is 6.01. The number of likely N-dealkylation sites (tertiary alicyclic amines) is 1. The Labute approximate surface area is 321 Å². The fraction of sp³-hybridized carbons (Fsp3) is 0.463. The molecule has 4 N–H and O–H groups in total. The van der Waals surface area contributed by atoms with Crippen LogP contribution in [0.2, 0.25) is 0 Å². The van der Waals surface area contributed by atoms with Gasteiger partial charge in [-0.05, 0) is 73.9 Å². The number of urea groups is 1. The molecule has 5 aliphatic rings. The number of aryl methyl sites for hydroxylation is 1. The van der Waals surface area contributed by atoms with Crippen LogP contribution in [0.15, 0.2) is 55.2 Å². The molecular formula is C41H50N10O4. The van der Waals surface area contributed by atoms with E-state index in [1.165, 1.54) is 16.7 Å². The zero-order chi connectivity index (χ0) is 38.2. The number of hydrogen-bond donors (Lipinski definition) is 3. The Hall–Kier alpha value is -5.50. The molecule has 55 heavy (non-hydrogen) atoms. The molecule has 2 aromatic carbocycles. The van der Waals surface area contributed by atoms with Gasteiger partial charge in [0.15, 0.2) is 11.5 Å². The van der Waals surface area contributed by atoms with Gasteiger partial charge >= 0.3 is 6.03 Å². The van der Waals surface area contributed by atoms with Gasteiger partial charge in [0.1, 0.15) is 11.9 Å². The molecule has 3 aromatic rings. The van der Waals surface area contributed by atoms with Gasteiger partial charge in [0, 0.05) is 82.1 Å². The van der Waals surface area contributed by atoms with Crippen molar-refractivity contribution in [2.24, 2.45) is 5.73 Å². The molecule has 0 radical (unpaired) electrons. The number of carbonyl (C=O) groups is 4. The van der Waals surface area contributed by atoms with Crippen LogP contribution in [0.1, 0.15) is 77.2 Å². The van der Waals surface area contributed by atoms with Crippen LogP contribution >= 0.6 is 0 Å². The Bertz CT molecular complexity index is 2000. The highest BCUT2D eigenvalue weighted by Crippen LogP contribution is 2.37. The Morgan fingerprint density at radius 2 is 1.82 bits per heavy atom. The van der Waals surface area contributed by atoms with Gasteiger partial charge < -0.3 is 35.6 Å². The van der Waals surface area contributed by atoms with E-state index in [1.807, 2.05) is 24.1 Å². The lowest BCUT2D eigenvalue weighted by atomic mass is 9.91. The second-order valence-corrected chi connectivity index (χ2v) is 15.6. The third-order valence-electron chi connectivity index (χ3n) is 12.0. The highest BCUT2D eigenvalue weighted by Gasteiger charge is 2.37. The molecule has 8 rings (SSSR count). The summed E-state index contributed by atoms with van der Waals surface area (Å²) in [4.78, 5) is 68.8. The van der Waals surface area contributed by atoms with Gasteiger partial charge in [-0.1, -0.05) is 36.9 Å². The second kappa shape index (κ2) is 15.3. The first-order valence-electron chi connectivity index (χ1n) is 19.6. The summed E-state index contributed by atoms with van der Waals surface area (Å²) < 4.78 is 0. The molecule has 14 nitrogen and oxygen atoms in total. The molecule has 1 unspecified atom stereocenters. The van der Waals surface area contributed by atoms with Gasteiger partial charge in [0.25, 0.3) is 5.91 Å². The van der Waals surface area contributed by atoms with Crippen molar-refractivity contribution in [3.05, 3.63) is 83.2 Å². The van der Waals surface area contributed by atoms with Crippen molar-refractivity contribution in [2.45, 2.75) is 69.5 Å². The number of unbranched alkanes of at least 4 members (excludes halogenated alkanes) is 1. The zero-order valence-electron chi connectivity index (χ0n) is 31.5. The van der Waals surface area contributed by atoms with Crippen LogP contribution in [0, 0.1) is 0 Å². The number of nitrogens with zero attached hydrogens (tertiary/aromatic N) is 7. The number of hydrogen-bond acceptors (Lipinski definition) is 10. The summed E-state index contributed by atoms with van der Waals surface area (Å²) >= 11 is 0. The van der Waals surface area contributed by atoms with Crippen LogP contribution in [0.5, 0.6) is 0 Å². The van der Waals surface area contributed by atoms with E-state index in [2.05, 4.69) is 67.2 Å². The summed E-state index contributed by atoms with van der Waals surface area (Å²) in [5, 5.41) is 5.78. The normalized spacial score (nSPS) is 21.9. The monoisotopic (exact) mass is 746 g/mol. The fourth-order valence-corrected chi connectivity index (χ4v) is 8.84. The molecule has 4 saturated heterocycles. The van der Waals surface area contributed by atoms with Gasteiger partial charge in [-0.15, -0.1) is 0 Å².